The molecule has 102 valence electrons. The number of hydrogen-bond acceptors (Lipinski definition) is 3. The fraction of sp³-hybridized carbons (Fsp3) is 0.200. The van der Waals surface area contributed by atoms with E-state index in [9.17, 15) is 4.39 Å². The topological polar surface area (TPSA) is 50.6 Å². The summed E-state index contributed by atoms with van der Waals surface area (Å²) in [5.74, 6) is 0.321. The average molecular weight is 272 g/mol. The smallest absolute Gasteiger partial charge is 0.241 e. The Morgan fingerprint density at radius 3 is 2.80 bits per heavy atom. The van der Waals surface area contributed by atoms with Crippen LogP contribution in [-0.4, -0.2) is 18.9 Å². The van der Waals surface area contributed by atoms with Gasteiger partial charge in [-0.25, -0.2) is 4.39 Å². The molecule has 1 atom stereocenters. The number of benzene rings is 2. The van der Waals surface area contributed by atoms with E-state index in [1.54, 1.807) is 23.9 Å². The molecule has 0 fully saturated rings. The lowest BCUT2D eigenvalue weighted by atomic mass is 9.97. The van der Waals surface area contributed by atoms with E-state index in [0.29, 0.717) is 11.4 Å². The van der Waals surface area contributed by atoms with Gasteiger partial charge in [0, 0.05) is 6.07 Å². The van der Waals surface area contributed by atoms with Gasteiger partial charge in [-0.1, -0.05) is 16.8 Å². The molecule has 1 aliphatic rings. The van der Waals surface area contributed by atoms with E-state index in [-0.39, 0.29) is 11.9 Å². The van der Waals surface area contributed by atoms with Gasteiger partial charge in [0.05, 0.1) is 12.8 Å². The number of hydrogen-bond donors (Lipinski definition) is 1. The molecule has 0 bridgehead atoms. The van der Waals surface area contributed by atoms with E-state index in [1.165, 1.54) is 12.1 Å². The van der Waals surface area contributed by atoms with Crippen LogP contribution in [0.3, 0.4) is 0 Å². The van der Waals surface area contributed by atoms with Crippen molar-refractivity contribution < 1.29 is 13.8 Å². The fourth-order valence-electron chi connectivity index (χ4n) is 2.58. The minimum atomic E-state index is -0.302. The largest absolute Gasteiger partial charge is 0.494 e. The van der Waals surface area contributed by atoms with Crippen LogP contribution < -0.4 is 10.5 Å². The van der Waals surface area contributed by atoms with Crippen LogP contribution in [-0.2, 0) is 0 Å². The van der Waals surface area contributed by atoms with Gasteiger partial charge in [0.15, 0.2) is 18.8 Å². The van der Waals surface area contributed by atoms with Gasteiger partial charge in [-0.15, -0.1) is 0 Å². The first-order valence-corrected chi connectivity index (χ1v) is 6.28. The molecule has 0 saturated carbocycles. The van der Waals surface area contributed by atoms with Gasteiger partial charge in [0.1, 0.15) is 11.4 Å². The Morgan fingerprint density at radius 1 is 1.30 bits per heavy atom. The van der Waals surface area contributed by atoms with Crippen molar-refractivity contribution in [2.24, 2.45) is 5.11 Å². The number of nitrogens with zero attached hydrogens (tertiary/aromatic N) is 2. The highest BCUT2D eigenvalue weighted by Gasteiger charge is 2.36. The summed E-state index contributed by atoms with van der Waals surface area (Å²) in [5, 5.41) is 4.55. The molecule has 2 aromatic rings. The van der Waals surface area contributed by atoms with Crippen molar-refractivity contribution in [2.75, 3.05) is 19.9 Å². The molecule has 0 aromatic heterocycles. The van der Waals surface area contributed by atoms with Crippen molar-refractivity contribution in [3.8, 4) is 5.75 Å². The highest BCUT2D eigenvalue weighted by molar-refractivity contribution is 5.67. The molecule has 1 heterocycles. The predicted octanol–water partition coefficient (Wildman–Crippen LogP) is 3.25. The summed E-state index contributed by atoms with van der Waals surface area (Å²) in [6, 6.07) is 9.82. The minimum absolute atomic E-state index is 0.281. The highest BCUT2D eigenvalue weighted by atomic mass is 19.1. The van der Waals surface area contributed by atoms with Crippen LogP contribution in [0, 0.1) is 5.82 Å². The Morgan fingerprint density at radius 2 is 2.10 bits per heavy atom. The van der Waals surface area contributed by atoms with Gasteiger partial charge in [0.2, 0.25) is 5.69 Å². The van der Waals surface area contributed by atoms with E-state index in [4.69, 9.17) is 10.5 Å². The third-order valence-electron chi connectivity index (χ3n) is 3.48. The molecule has 3 rings (SSSR count). The zero-order valence-corrected chi connectivity index (χ0v) is 11.3. The molecule has 4 nitrogen and oxygen atoms in total. The van der Waals surface area contributed by atoms with Gasteiger partial charge in [-0.3, -0.25) is 0 Å². The maximum Gasteiger partial charge on any atom is 0.241 e. The molecule has 1 unspecified atom stereocenters. The molecule has 2 N–H and O–H groups in total. The van der Waals surface area contributed by atoms with Crippen molar-refractivity contribution in [1.82, 2.24) is 0 Å². The van der Waals surface area contributed by atoms with E-state index in [0.717, 1.165) is 16.8 Å². The second-order valence-corrected chi connectivity index (χ2v) is 4.72. The lowest BCUT2D eigenvalue weighted by Crippen LogP contribution is -2.01. The van der Waals surface area contributed by atoms with Crippen molar-refractivity contribution in [3.05, 3.63) is 53.3 Å². The van der Waals surface area contributed by atoms with Gasteiger partial charge in [-0.05, 0) is 28.9 Å². The number of methoxy groups -OCH3 is 1. The van der Waals surface area contributed by atoms with Gasteiger partial charge in [0.25, 0.3) is 0 Å². The molecular formula is C15H15FN3O+. The zero-order valence-electron chi connectivity index (χ0n) is 11.3. The monoisotopic (exact) mass is 272 g/mol. The molecule has 20 heavy (non-hydrogen) atoms. The minimum Gasteiger partial charge on any atom is -0.494 e. The number of anilines is 1. The first kappa shape index (κ1) is 12.6. The summed E-state index contributed by atoms with van der Waals surface area (Å²) in [6.07, 6.45) is 0. The second-order valence-electron chi connectivity index (χ2n) is 4.72. The van der Waals surface area contributed by atoms with Crippen molar-refractivity contribution in [1.29, 1.82) is 0 Å². The molecule has 0 spiro atoms. The number of rotatable bonds is 2. The number of azo groups is 2. The molecule has 2 aromatic carbocycles. The molecule has 5 heteroatoms. The van der Waals surface area contributed by atoms with Crippen LogP contribution in [0.4, 0.5) is 15.8 Å². The lowest BCUT2D eigenvalue weighted by molar-refractivity contribution is -0.477. The van der Waals surface area contributed by atoms with Crippen LogP contribution in [0.25, 0.3) is 0 Å². The quantitative estimate of drug-likeness (QED) is 0.674. The number of ether oxygens (including phenoxy) is 1. The zero-order chi connectivity index (χ0) is 14.3. The first-order valence-electron chi connectivity index (χ1n) is 6.28. The summed E-state index contributed by atoms with van der Waals surface area (Å²) >= 11 is 0. The van der Waals surface area contributed by atoms with Gasteiger partial charge < -0.3 is 10.5 Å². The normalized spacial score (nSPS) is 16.8. The Bertz CT molecular complexity index is 712. The first-order chi connectivity index (χ1) is 9.61. The molecule has 0 aliphatic carbocycles. The Balaban J connectivity index is 2.21. The molecule has 0 saturated heterocycles. The average Bonchev–Trinajstić information content (AvgIpc) is 2.76. The Hall–Kier alpha value is -2.43. The lowest BCUT2D eigenvalue weighted by Gasteiger charge is -2.11. The molecule has 0 radical (unpaired) electrons. The summed E-state index contributed by atoms with van der Waals surface area (Å²) in [6.45, 7) is 0. The number of nitrogens with two attached hydrogens (primary N) is 1. The molecule has 0 amide bonds. The predicted molar refractivity (Wildman–Crippen MR) is 73.9 cm³/mol. The Labute approximate surface area is 116 Å². The third-order valence-corrected chi connectivity index (χ3v) is 3.48. The number of nitrogen functional groups attached to an aromatic ring is 1. The van der Waals surface area contributed by atoms with E-state index >= 15 is 0 Å². The van der Waals surface area contributed by atoms with Crippen LogP contribution >= 0.6 is 0 Å². The maximum atomic E-state index is 13.4. The number of halogens is 1. The van der Waals surface area contributed by atoms with E-state index < -0.39 is 0 Å². The van der Waals surface area contributed by atoms with Crippen molar-refractivity contribution >= 4 is 11.4 Å². The highest BCUT2D eigenvalue weighted by Crippen LogP contribution is 2.46. The van der Waals surface area contributed by atoms with Crippen LogP contribution in [0.1, 0.15) is 17.2 Å². The van der Waals surface area contributed by atoms with Crippen molar-refractivity contribution in [3.63, 3.8) is 0 Å². The second kappa shape index (κ2) is 4.59. The SMILES string of the molecule is COc1c(N)ccc2c1C(c1cccc(F)c1)N=[N+]2C. The maximum absolute atomic E-state index is 13.4. The third kappa shape index (κ3) is 1.82. The summed E-state index contributed by atoms with van der Waals surface area (Å²) < 4.78 is 20.6. The fourth-order valence-corrected chi connectivity index (χ4v) is 2.58. The standard InChI is InChI=1S/C15H15FN3O/c1-19-12-7-6-11(17)15(20-2)13(12)14(18-19)9-4-3-5-10(16)8-9/h3-8,14H,17H2,1-2H3/q+1. The van der Waals surface area contributed by atoms with Crippen LogP contribution in [0.2, 0.25) is 0 Å². The van der Waals surface area contributed by atoms with Crippen molar-refractivity contribution in [2.45, 2.75) is 6.04 Å². The van der Waals surface area contributed by atoms with E-state index in [2.05, 4.69) is 5.11 Å². The summed E-state index contributed by atoms with van der Waals surface area (Å²) in [4.78, 5) is 0. The van der Waals surface area contributed by atoms with Gasteiger partial charge >= 0.3 is 0 Å². The van der Waals surface area contributed by atoms with E-state index in [1.807, 2.05) is 19.2 Å². The van der Waals surface area contributed by atoms with Gasteiger partial charge in [-0.2, -0.15) is 0 Å². The van der Waals surface area contributed by atoms with Crippen LogP contribution in [0.15, 0.2) is 41.5 Å². The number of fused-ring (bicyclic) bond motifs is 1. The Kier molecular flexibility index (Phi) is 2.89. The molecule has 1 aliphatic heterocycles. The van der Waals surface area contributed by atoms with Crippen LogP contribution in [0.5, 0.6) is 5.75 Å². The summed E-state index contributed by atoms with van der Waals surface area (Å²) in [7, 11) is 3.43. The molecular weight excluding hydrogens is 257 g/mol. The summed E-state index contributed by atoms with van der Waals surface area (Å²) in [5.41, 5.74) is 9.09.